The third kappa shape index (κ3) is 3.54. The summed E-state index contributed by atoms with van der Waals surface area (Å²) in [5.74, 6) is 0.998. The first-order chi connectivity index (χ1) is 11.2. The summed E-state index contributed by atoms with van der Waals surface area (Å²) in [5.41, 5.74) is 5.03. The number of piperazine rings is 1. The van der Waals surface area contributed by atoms with E-state index in [2.05, 4.69) is 47.2 Å². The number of nitrogens with zero attached hydrogens (tertiary/aromatic N) is 2. The van der Waals surface area contributed by atoms with Gasteiger partial charge in [-0.1, -0.05) is 18.2 Å². The molecule has 1 N–H and O–H groups in total. The highest BCUT2D eigenvalue weighted by atomic mass is 16.5. The number of aryl methyl sites for hydroxylation is 2. The van der Waals surface area contributed by atoms with Gasteiger partial charge in [-0.05, 0) is 42.2 Å². The van der Waals surface area contributed by atoms with Gasteiger partial charge in [0.05, 0.1) is 7.11 Å². The van der Waals surface area contributed by atoms with Crippen LogP contribution < -0.4 is 10.1 Å². The topological polar surface area (TPSA) is 37.4 Å². The van der Waals surface area contributed by atoms with E-state index in [1.165, 1.54) is 22.3 Å². The monoisotopic (exact) mass is 311 g/mol. The highest BCUT2D eigenvalue weighted by Gasteiger charge is 2.24. The van der Waals surface area contributed by atoms with E-state index in [-0.39, 0.29) is 0 Å². The number of benzene rings is 1. The third-order valence-corrected chi connectivity index (χ3v) is 4.53. The lowest BCUT2D eigenvalue weighted by Crippen LogP contribution is -2.45. The molecule has 1 fully saturated rings. The highest BCUT2D eigenvalue weighted by Crippen LogP contribution is 2.28. The summed E-state index contributed by atoms with van der Waals surface area (Å²) in [5, 5.41) is 3.50. The second kappa shape index (κ2) is 7.11. The number of nitrogens with one attached hydrogen (secondary N) is 1. The maximum Gasteiger partial charge on any atom is 0.124 e. The van der Waals surface area contributed by atoms with Gasteiger partial charge in [-0.25, -0.2) is 0 Å². The maximum atomic E-state index is 5.48. The molecule has 4 nitrogen and oxygen atoms in total. The predicted molar refractivity (Wildman–Crippen MR) is 92.7 cm³/mol. The van der Waals surface area contributed by atoms with Gasteiger partial charge in [-0.2, -0.15) is 0 Å². The van der Waals surface area contributed by atoms with E-state index in [9.17, 15) is 0 Å². The number of hydrogen-bond donors (Lipinski definition) is 1. The van der Waals surface area contributed by atoms with E-state index in [0.29, 0.717) is 6.04 Å². The van der Waals surface area contributed by atoms with Crippen LogP contribution in [0.2, 0.25) is 0 Å². The fraction of sp³-hybridized carbons (Fsp3) is 0.421. The largest absolute Gasteiger partial charge is 0.496 e. The molecule has 0 amide bonds. The Morgan fingerprint density at radius 3 is 2.74 bits per heavy atom. The number of hydrogen-bond acceptors (Lipinski definition) is 4. The van der Waals surface area contributed by atoms with Crippen LogP contribution in [-0.4, -0.2) is 36.6 Å². The molecule has 0 spiro atoms. The first kappa shape index (κ1) is 16.0. The van der Waals surface area contributed by atoms with Gasteiger partial charge in [0, 0.05) is 44.6 Å². The Kier molecular flexibility index (Phi) is 4.94. The highest BCUT2D eigenvalue weighted by molar-refractivity contribution is 5.43. The molecular weight excluding hydrogens is 286 g/mol. The molecular formula is C19H25N3O. The van der Waals surface area contributed by atoms with E-state index in [1.807, 2.05) is 18.5 Å². The summed E-state index contributed by atoms with van der Waals surface area (Å²) in [6.45, 7) is 8.23. The number of ether oxygens (including phenoxy) is 1. The second-order valence-corrected chi connectivity index (χ2v) is 6.24. The summed E-state index contributed by atoms with van der Waals surface area (Å²) in [4.78, 5) is 6.82. The van der Waals surface area contributed by atoms with E-state index >= 15 is 0 Å². The zero-order valence-corrected chi connectivity index (χ0v) is 14.2. The molecule has 0 saturated carbocycles. The zero-order valence-electron chi connectivity index (χ0n) is 14.2. The van der Waals surface area contributed by atoms with Crippen LogP contribution in [0.15, 0.2) is 36.7 Å². The summed E-state index contributed by atoms with van der Waals surface area (Å²) >= 11 is 0. The van der Waals surface area contributed by atoms with Crippen LogP contribution in [0.1, 0.15) is 28.3 Å². The second-order valence-electron chi connectivity index (χ2n) is 6.24. The Hall–Kier alpha value is -1.91. The smallest absolute Gasteiger partial charge is 0.124 e. The van der Waals surface area contributed by atoms with Crippen LogP contribution in [0.4, 0.5) is 0 Å². The first-order valence-electron chi connectivity index (χ1n) is 8.18. The number of pyridine rings is 1. The fourth-order valence-electron chi connectivity index (χ4n) is 3.53. The predicted octanol–water partition coefficient (Wildman–Crippen LogP) is 2.85. The van der Waals surface area contributed by atoms with Gasteiger partial charge in [0.2, 0.25) is 0 Å². The minimum absolute atomic E-state index is 0.375. The molecule has 1 saturated heterocycles. The summed E-state index contributed by atoms with van der Waals surface area (Å²) in [6, 6.07) is 9.05. The van der Waals surface area contributed by atoms with Gasteiger partial charge in [-0.3, -0.25) is 9.88 Å². The third-order valence-electron chi connectivity index (χ3n) is 4.53. The quantitative estimate of drug-likeness (QED) is 0.942. The average Bonchev–Trinajstić information content (AvgIpc) is 2.56. The van der Waals surface area contributed by atoms with Crippen molar-refractivity contribution >= 4 is 0 Å². The van der Waals surface area contributed by atoms with Crippen LogP contribution in [0.5, 0.6) is 5.75 Å². The summed E-state index contributed by atoms with van der Waals surface area (Å²) in [6.07, 6.45) is 3.81. The van der Waals surface area contributed by atoms with Crippen LogP contribution in [0.3, 0.4) is 0 Å². The first-order valence-corrected chi connectivity index (χ1v) is 8.18. The van der Waals surface area contributed by atoms with Crippen molar-refractivity contribution < 1.29 is 4.74 Å². The summed E-state index contributed by atoms with van der Waals surface area (Å²) < 4.78 is 5.48. The van der Waals surface area contributed by atoms with E-state index in [4.69, 9.17) is 4.74 Å². The molecule has 0 radical (unpaired) electrons. The average molecular weight is 311 g/mol. The molecule has 2 heterocycles. The molecule has 4 heteroatoms. The van der Waals surface area contributed by atoms with Crippen molar-refractivity contribution in [2.45, 2.75) is 26.4 Å². The minimum Gasteiger partial charge on any atom is -0.496 e. The molecule has 3 rings (SSSR count). The lowest BCUT2D eigenvalue weighted by molar-refractivity contribution is 0.153. The van der Waals surface area contributed by atoms with E-state index in [0.717, 1.165) is 31.9 Å². The van der Waals surface area contributed by atoms with Gasteiger partial charge in [0.25, 0.3) is 0 Å². The van der Waals surface area contributed by atoms with Crippen molar-refractivity contribution in [1.82, 2.24) is 15.2 Å². The van der Waals surface area contributed by atoms with Gasteiger partial charge >= 0.3 is 0 Å². The molecule has 1 atom stereocenters. The molecule has 1 unspecified atom stereocenters. The number of aromatic nitrogens is 1. The number of rotatable bonds is 4. The minimum atomic E-state index is 0.375. The molecule has 1 aromatic heterocycles. The molecule has 1 aliphatic heterocycles. The SMILES string of the molecule is COc1c(C)cc(CN2CCNCC2c2cccnc2)cc1C. The molecule has 0 aliphatic carbocycles. The Morgan fingerprint density at radius 2 is 2.09 bits per heavy atom. The van der Waals surface area contributed by atoms with Crippen molar-refractivity contribution in [3.8, 4) is 5.75 Å². The lowest BCUT2D eigenvalue weighted by atomic mass is 10.0. The molecule has 122 valence electrons. The van der Waals surface area contributed by atoms with Crippen molar-refractivity contribution in [3.63, 3.8) is 0 Å². The van der Waals surface area contributed by atoms with Crippen LogP contribution in [-0.2, 0) is 6.54 Å². The Labute approximate surface area is 138 Å². The van der Waals surface area contributed by atoms with Gasteiger partial charge < -0.3 is 10.1 Å². The molecule has 0 bridgehead atoms. The molecule has 2 aromatic rings. The van der Waals surface area contributed by atoms with E-state index in [1.54, 1.807) is 7.11 Å². The fourth-order valence-corrected chi connectivity index (χ4v) is 3.53. The van der Waals surface area contributed by atoms with Gasteiger partial charge in [0.1, 0.15) is 5.75 Å². The molecule has 23 heavy (non-hydrogen) atoms. The lowest BCUT2D eigenvalue weighted by Gasteiger charge is -2.36. The van der Waals surface area contributed by atoms with Gasteiger partial charge in [-0.15, -0.1) is 0 Å². The Morgan fingerprint density at radius 1 is 1.30 bits per heavy atom. The number of methoxy groups -OCH3 is 1. The Bertz CT molecular complexity index is 634. The summed E-state index contributed by atoms with van der Waals surface area (Å²) in [7, 11) is 1.74. The van der Waals surface area contributed by atoms with Crippen LogP contribution in [0.25, 0.3) is 0 Å². The van der Waals surface area contributed by atoms with Gasteiger partial charge in [0.15, 0.2) is 0 Å². The van der Waals surface area contributed by atoms with Crippen LogP contribution in [0, 0.1) is 13.8 Å². The van der Waals surface area contributed by atoms with E-state index < -0.39 is 0 Å². The van der Waals surface area contributed by atoms with Crippen molar-refractivity contribution in [3.05, 3.63) is 58.9 Å². The molecule has 1 aliphatic rings. The van der Waals surface area contributed by atoms with Crippen molar-refractivity contribution in [2.24, 2.45) is 0 Å². The normalized spacial score (nSPS) is 18.8. The standard InChI is InChI=1S/C19H25N3O/c1-14-9-16(10-15(2)19(14)23-3)13-22-8-7-21-12-18(22)17-5-4-6-20-11-17/h4-6,9-11,18,21H,7-8,12-13H2,1-3H3. The van der Waals surface area contributed by atoms with Crippen molar-refractivity contribution in [2.75, 3.05) is 26.7 Å². The Balaban J connectivity index is 1.83. The maximum absolute atomic E-state index is 5.48. The zero-order chi connectivity index (χ0) is 16.2. The molecule has 1 aromatic carbocycles. The van der Waals surface area contributed by atoms with Crippen LogP contribution >= 0.6 is 0 Å². The van der Waals surface area contributed by atoms with Crippen molar-refractivity contribution in [1.29, 1.82) is 0 Å².